The molecule has 3 aromatic rings. The number of ether oxygens (including phenoxy) is 2. The second-order valence-electron chi connectivity index (χ2n) is 7.16. The number of aromatic nitrogens is 2. The van der Waals surface area contributed by atoms with Gasteiger partial charge in [0.25, 0.3) is 5.56 Å². The molecule has 0 saturated carbocycles. The van der Waals surface area contributed by atoms with Crippen LogP contribution in [0.4, 0.5) is 0 Å². The Balaban J connectivity index is 1.90. The Labute approximate surface area is 186 Å². The van der Waals surface area contributed by atoms with Crippen molar-refractivity contribution >= 4 is 5.91 Å². The van der Waals surface area contributed by atoms with Gasteiger partial charge in [-0.05, 0) is 13.0 Å². The molecule has 8 nitrogen and oxygen atoms in total. The standard InChI is InChI=1S/C24H27N3O5/c1-16-19(12-13-28)24(30)27(23(26-16)17-8-5-4-6-9-17)15-21(29)25-14-18-10-7-11-20(31-2)22(18)32-3/h4-11,28H,12-15H2,1-3H3,(H,25,29). The second kappa shape index (κ2) is 10.6. The molecule has 3 rings (SSSR count). The molecular formula is C24H27N3O5. The lowest BCUT2D eigenvalue weighted by Gasteiger charge is -2.16. The van der Waals surface area contributed by atoms with Crippen LogP contribution in [0.15, 0.2) is 53.3 Å². The van der Waals surface area contributed by atoms with Crippen LogP contribution in [0.3, 0.4) is 0 Å². The highest BCUT2D eigenvalue weighted by Gasteiger charge is 2.18. The van der Waals surface area contributed by atoms with Crippen molar-refractivity contribution in [2.75, 3.05) is 20.8 Å². The average Bonchev–Trinajstić information content (AvgIpc) is 2.82. The Morgan fingerprint density at radius 3 is 2.50 bits per heavy atom. The van der Waals surface area contributed by atoms with Gasteiger partial charge in [-0.25, -0.2) is 4.98 Å². The third-order valence-corrected chi connectivity index (χ3v) is 5.13. The number of nitrogens with zero attached hydrogens (tertiary/aromatic N) is 2. The molecule has 0 aliphatic heterocycles. The van der Waals surface area contributed by atoms with Crippen LogP contribution in [0, 0.1) is 6.92 Å². The van der Waals surface area contributed by atoms with E-state index in [1.807, 2.05) is 42.5 Å². The van der Waals surface area contributed by atoms with Crippen molar-refractivity contribution in [1.82, 2.24) is 14.9 Å². The molecule has 2 aromatic carbocycles. The molecule has 2 N–H and O–H groups in total. The zero-order valence-electron chi connectivity index (χ0n) is 18.4. The number of hydrogen-bond acceptors (Lipinski definition) is 6. The van der Waals surface area contributed by atoms with Crippen LogP contribution in [-0.4, -0.2) is 41.4 Å². The predicted octanol–water partition coefficient (Wildman–Crippen LogP) is 2.09. The number of benzene rings is 2. The van der Waals surface area contributed by atoms with Gasteiger partial charge < -0.3 is 19.9 Å². The minimum absolute atomic E-state index is 0.176. The topological polar surface area (TPSA) is 103 Å². The number of hydrogen-bond donors (Lipinski definition) is 2. The molecule has 1 aromatic heterocycles. The fraction of sp³-hybridized carbons (Fsp3) is 0.292. The molecule has 0 fully saturated rings. The van der Waals surface area contributed by atoms with E-state index in [0.717, 1.165) is 11.1 Å². The number of aliphatic hydroxyl groups is 1. The number of carbonyl (C=O) groups excluding carboxylic acids is 1. The molecule has 0 aliphatic carbocycles. The van der Waals surface area contributed by atoms with Crippen molar-refractivity contribution in [2.45, 2.75) is 26.4 Å². The summed E-state index contributed by atoms with van der Waals surface area (Å²) >= 11 is 0. The van der Waals surface area contributed by atoms with Gasteiger partial charge in [-0.2, -0.15) is 0 Å². The molecule has 1 amide bonds. The highest BCUT2D eigenvalue weighted by molar-refractivity contribution is 5.76. The highest BCUT2D eigenvalue weighted by Crippen LogP contribution is 2.30. The first-order valence-corrected chi connectivity index (χ1v) is 10.2. The van der Waals surface area contributed by atoms with E-state index in [9.17, 15) is 14.7 Å². The van der Waals surface area contributed by atoms with Crippen LogP contribution in [0.1, 0.15) is 16.8 Å². The summed E-state index contributed by atoms with van der Waals surface area (Å²) in [6, 6.07) is 14.6. The van der Waals surface area contributed by atoms with Crippen molar-refractivity contribution in [1.29, 1.82) is 0 Å². The Bertz CT molecular complexity index is 1140. The zero-order valence-corrected chi connectivity index (χ0v) is 18.4. The van der Waals surface area contributed by atoms with Gasteiger partial charge in [0.1, 0.15) is 12.4 Å². The lowest BCUT2D eigenvalue weighted by atomic mass is 10.1. The zero-order chi connectivity index (χ0) is 23.1. The van der Waals surface area contributed by atoms with E-state index in [-0.39, 0.29) is 37.6 Å². The average molecular weight is 437 g/mol. The van der Waals surface area contributed by atoms with E-state index in [1.165, 1.54) is 11.7 Å². The maximum atomic E-state index is 13.2. The van der Waals surface area contributed by atoms with Crippen LogP contribution in [0.25, 0.3) is 11.4 Å². The lowest BCUT2D eigenvalue weighted by Crippen LogP contribution is -2.35. The number of methoxy groups -OCH3 is 2. The van der Waals surface area contributed by atoms with Crippen LogP contribution >= 0.6 is 0 Å². The molecule has 0 unspecified atom stereocenters. The Kier molecular flexibility index (Phi) is 7.62. The maximum Gasteiger partial charge on any atom is 0.257 e. The van der Waals surface area contributed by atoms with E-state index < -0.39 is 0 Å². The molecule has 0 aliphatic rings. The number of amides is 1. The Morgan fingerprint density at radius 1 is 1.09 bits per heavy atom. The van der Waals surface area contributed by atoms with Crippen LogP contribution in [0.2, 0.25) is 0 Å². The van der Waals surface area contributed by atoms with Gasteiger partial charge >= 0.3 is 0 Å². The fourth-order valence-corrected chi connectivity index (χ4v) is 3.54. The molecule has 1 heterocycles. The van der Waals surface area contributed by atoms with Crippen LogP contribution in [0.5, 0.6) is 11.5 Å². The van der Waals surface area contributed by atoms with Gasteiger partial charge in [-0.3, -0.25) is 14.2 Å². The summed E-state index contributed by atoms with van der Waals surface area (Å²) in [4.78, 5) is 30.6. The minimum Gasteiger partial charge on any atom is -0.493 e. The number of aliphatic hydroxyl groups excluding tert-OH is 1. The largest absolute Gasteiger partial charge is 0.493 e. The normalized spacial score (nSPS) is 10.6. The van der Waals surface area contributed by atoms with Crippen molar-refractivity contribution < 1.29 is 19.4 Å². The molecule has 0 radical (unpaired) electrons. The number of aryl methyl sites for hydroxylation is 1. The summed E-state index contributed by atoms with van der Waals surface area (Å²) in [5.74, 6) is 1.16. The number of nitrogens with one attached hydrogen (secondary N) is 1. The smallest absolute Gasteiger partial charge is 0.257 e. The molecule has 0 spiro atoms. The van der Waals surface area contributed by atoms with Crippen molar-refractivity contribution in [2.24, 2.45) is 0 Å². The molecule has 32 heavy (non-hydrogen) atoms. The Hall–Kier alpha value is -3.65. The van der Waals surface area contributed by atoms with Gasteiger partial charge in [-0.15, -0.1) is 0 Å². The van der Waals surface area contributed by atoms with Gasteiger partial charge in [0.05, 0.1) is 14.2 Å². The van der Waals surface area contributed by atoms with Crippen molar-refractivity contribution in [3.63, 3.8) is 0 Å². The molecule has 8 heteroatoms. The summed E-state index contributed by atoms with van der Waals surface area (Å²) in [5, 5.41) is 12.2. The van der Waals surface area contributed by atoms with Crippen LogP contribution < -0.4 is 20.3 Å². The van der Waals surface area contributed by atoms with Crippen molar-refractivity contribution in [3.8, 4) is 22.9 Å². The number of para-hydroxylation sites is 1. The monoisotopic (exact) mass is 437 g/mol. The van der Waals surface area contributed by atoms with Gasteiger partial charge in [0.15, 0.2) is 11.5 Å². The highest BCUT2D eigenvalue weighted by atomic mass is 16.5. The maximum absolute atomic E-state index is 13.2. The summed E-state index contributed by atoms with van der Waals surface area (Å²) < 4.78 is 12.1. The van der Waals surface area contributed by atoms with Gasteiger partial charge in [0.2, 0.25) is 5.91 Å². The second-order valence-corrected chi connectivity index (χ2v) is 7.16. The quantitative estimate of drug-likeness (QED) is 0.531. The Morgan fingerprint density at radius 2 is 1.84 bits per heavy atom. The minimum atomic E-state index is -0.352. The molecule has 0 saturated heterocycles. The third-order valence-electron chi connectivity index (χ3n) is 5.13. The fourth-order valence-electron chi connectivity index (χ4n) is 3.54. The molecule has 0 bridgehead atoms. The van der Waals surface area contributed by atoms with E-state index in [0.29, 0.717) is 28.6 Å². The molecule has 0 atom stereocenters. The van der Waals surface area contributed by atoms with E-state index in [1.54, 1.807) is 20.1 Å². The van der Waals surface area contributed by atoms with E-state index in [2.05, 4.69) is 10.3 Å². The predicted molar refractivity (Wildman–Crippen MR) is 121 cm³/mol. The van der Waals surface area contributed by atoms with Crippen LogP contribution in [-0.2, 0) is 24.3 Å². The summed E-state index contributed by atoms with van der Waals surface area (Å²) in [6.07, 6.45) is 0.176. The summed E-state index contributed by atoms with van der Waals surface area (Å²) in [7, 11) is 3.08. The number of carbonyl (C=O) groups is 1. The third kappa shape index (κ3) is 4.97. The first-order chi connectivity index (χ1) is 15.5. The molecule has 168 valence electrons. The SMILES string of the molecule is COc1cccc(CNC(=O)Cn2c(-c3ccccc3)nc(C)c(CCO)c2=O)c1OC. The first-order valence-electron chi connectivity index (χ1n) is 10.2. The van der Waals surface area contributed by atoms with E-state index >= 15 is 0 Å². The number of rotatable bonds is 9. The molecular weight excluding hydrogens is 410 g/mol. The van der Waals surface area contributed by atoms with Crippen molar-refractivity contribution in [3.05, 3.63) is 75.7 Å². The van der Waals surface area contributed by atoms with Gasteiger partial charge in [-0.1, -0.05) is 42.5 Å². The van der Waals surface area contributed by atoms with Gasteiger partial charge in [0, 0.05) is 42.0 Å². The van der Waals surface area contributed by atoms with E-state index in [4.69, 9.17) is 9.47 Å². The lowest BCUT2D eigenvalue weighted by molar-refractivity contribution is -0.121. The first kappa shape index (κ1) is 23.0. The summed E-state index contributed by atoms with van der Waals surface area (Å²) in [6.45, 7) is 1.56. The summed E-state index contributed by atoms with van der Waals surface area (Å²) in [5.41, 5.74) is 2.08.